The topological polar surface area (TPSA) is 50.7 Å². The molecule has 0 aliphatic carbocycles. The molecule has 1 N–H and O–H groups in total. The van der Waals surface area contributed by atoms with Gasteiger partial charge in [-0.05, 0) is 42.7 Å². The number of hydrogen-bond acceptors (Lipinski definition) is 3. The van der Waals surface area contributed by atoms with E-state index >= 15 is 0 Å². The van der Waals surface area contributed by atoms with Gasteiger partial charge in [0, 0.05) is 5.56 Å². The molecule has 0 saturated carbocycles. The van der Waals surface area contributed by atoms with Gasteiger partial charge in [0.2, 0.25) is 0 Å². The van der Waals surface area contributed by atoms with Crippen molar-refractivity contribution < 1.29 is 9.53 Å². The summed E-state index contributed by atoms with van der Waals surface area (Å²) in [5.74, 6) is 0.587. The molecule has 4 nitrogen and oxygen atoms in total. The van der Waals surface area contributed by atoms with Crippen LogP contribution in [0.1, 0.15) is 34.8 Å². The number of carbonyl (C=O) groups excluding carboxylic acids is 1. The average molecular weight is 296 g/mol. The van der Waals surface area contributed by atoms with Crippen LogP contribution in [0.4, 0.5) is 0 Å². The number of rotatable bonds is 6. The van der Waals surface area contributed by atoms with Crippen LogP contribution in [0.5, 0.6) is 5.75 Å². The van der Waals surface area contributed by atoms with E-state index < -0.39 is 0 Å². The van der Waals surface area contributed by atoms with Crippen molar-refractivity contribution in [1.82, 2.24) is 5.43 Å². The molecule has 0 fully saturated rings. The van der Waals surface area contributed by atoms with Crippen molar-refractivity contribution in [2.45, 2.75) is 20.3 Å². The van der Waals surface area contributed by atoms with Crippen molar-refractivity contribution in [2.75, 3.05) is 6.61 Å². The van der Waals surface area contributed by atoms with Gasteiger partial charge in [-0.1, -0.05) is 37.3 Å². The van der Waals surface area contributed by atoms with Crippen molar-refractivity contribution in [2.24, 2.45) is 5.10 Å². The van der Waals surface area contributed by atoms with E-state index in [-0.39, 0.29) is 5.91 Å². The third-order valence-corrected chi connectivity index (χ3v) is 3.10. The first-order chi connectivity index (χ1) is 10.7. The molecular formula is C18H20N2O2. The summed E-state index contributed by atoms with van der Waals surface area (Å²) in [5, 5.41) is 4.00. The second-order valence-corrected chi connectivity index (χ2v) is 4.93. The van der Waals surface area contributed by atoms with Crippen LogP contribution in [-0.4, -0.2) is 18.7 Å². The lowest BCUT2D eigenvalue weighted by atomic mass is 10.1. The van der Waals surface area contributed by atoms with Gasteiger partial charge in [-0.25, -0.2) is 5.43 Å². The van der Waals surface area contributed by atoms with Crippen LogP contribution >= 0.6 is 0 Å². The van der Waals surface area contributed by atoms with E-state index in [0.717, 1.165) is 23.3 Å². The minimum atomic E-state index is -0.215. The molecule has 0 heterocycles. The number of carbonyl (C=O) groups is 1. The summed E-state index contributed by atoms with van der Waals surface area (Å²) in [7, 11) is 0. The number of nitrogens with zero attached hydrogens (tertiary/aromatic N) is 1. The number of nitrogens with one attached hydrogen (secondary N) is 1. The normalized spacial score (nSPS) is 10.6. The molecule has 2 aromatic carbocycles. The third kappa shape index (κ3) is 4.45. The van der Waals surface area contributed by atoms with Crippen LogP contribution in [0.25, 0.3) is 0 Å². The number of aryl methyl sites for hydroxylation is 1. The molecular weight excluding hydrogens is 276 g/mol. The molecule has 0 bridgehead atoms. The highest BCUT2D eigenvalue weighted by Gasteiger charge is 2.06. The first-order valence-electron chi connectivity index (χ1n) is 7.32. The van der Waals surface area contributed by atoms with Crippen molar-refractivity contribution in [3.63, 3.8) is 0 Å². The van der Waals surface area contributed by atoms with Gasteiger partial charge in [0.1, 0.15) is 5.75 Å². The van der Waals surface area contributed by atoms with Crippen molar-refractivity contribution >= 4 is 12.1 Å². The Balaban J connectivity index is 1.98. The zero-order valence-corrected chi connectivity index (χ0v) is 12.9. The number of hydrazone groups is 1. The van der Waals surface area contributed by atoms with Gasteiger partial charge < -0.3 is 4.74 Å². The number of hydrogen-bond donors (Lipinski definition) is 1. The molecule has 114 valence electrons. The molecule has 0 aromatic heterocycles. The molecule has 22 heavy (non-hydrogen) atoms. The smallest absolute Gasteiger partial charge is 0.271 e. The zero-order valence-electron chi connectivity index (χ0n) is 12.9. The molecule has 0 aliphatic heterocycles. The second kappa shape index (κ2) is 7.98. The zero-order chi connectivity index (χ0) is 15.8. The highest BCUT2D eigenvalue weighted by Crippen LogP contribution is 2.12. The van der Waals surface area contributed by atoms with E-state index in [9.17, 15) is 4.79 Å². The summed E-state index contributed by atoms with van der Waals surface area (Å²) in [6.45, 7) is 4.64. The highest BCUT2D eigenvalue weighted by atomic mass is 16.5. The monoisotopic (exact) mass is 296 g/mol. The van der Waals surface area contributed by atoms with Crippen LogP contribution in [0.3, 0.4) is 0 Å². The Morgan fingerprint density at radius 1 is 1.23 bits per heavy atom. The summed E-state index contributed by atoms with van der Waals surface area (Å²) in [5.41, 5.74) is 4.96. The molecule has 0 radical (unpaired) electrons. The quantitative estimate of drug-likeness (QED) is 0.654. The van der Waals surface area contributed by atoms with Crippen LogP contribution < -0.4 is 10.2 Å². The number of benzene rings is 2. The molecule has 0 aliphatic rings. The van der Waals surface area contributed by atoms with Gasteiger partial charge in [-0.3, -0.25) is 4.79 Å². The second-order valence-electron chi connectivity index (χ2n) is 4.93. The van der Waals surface area contributed by atoms with Gasteiger partial charge >= 0.3 is 0 Å². The molecule has 0 atom stereocenters. The molecule has 4 heteroatoms. The molecule has 0 saturated heterocycles. The van der Waals surface area contributed by atoms with Gasteiger partial charge in [0.05, 0.1) is 12.8 Å². The molecule has 1 amide bonds. The Labute approximate surface area is 130 Å². The van der Waals surface area contributed by atoms with Crippen molar-refractivity contribution in [1.29, 1.82) is 0 Å². The Morgan fingerprint density at radius 2 is 2.05 bits per heavy atom. The Morgan fingerprint density at radius 3 is 2.82 bits per heavy atom. The lowest BCUT2D eigenvalue weighted by Crippen LogP contribution is -2.18. The summed E-state index contributed by atoms with van der Waals surface area (Å²) in [6.07, 6.45) is 2.57. The molecule has 2 rings (SSSR count). The fourth-order valence-corrected chi connectivity index (χ4v) is 1.96. The predicted octanol–water partition coefficient (Wildman–Crippen LogP) is 3.55. The van der Waals surface area contributed by atoms with Crippen LogP contribution in [-0.2, 0) is 0 Å². The molecule has 0 spiro atoms. The van der Waals surface area contributed by atoms with E-state index in [1.165, 1.54) is 0 Å². The lowest BCUT2D eigenvalue weighted by molar-refractivity contribution is 0.0954. The van der Waals surface area contributed by atoms with Gasteiger partial charge in [0.15, 0.2) is 0 Å². The largest absolute Gasteiger partial charge is 0.494 e. The van der Waals surface area contributed by atoms with Crippen molar-refractivity contribution in [3.05, 3.63) is 65.2 Å². The first-order valence-corrected chi connectivity index (χ1v) is 7.32. The minimum absolute atomic E-state index is 0.215. The predicted molar refractivity (Wildman–Crippen MR) is 88.5 cm³/mol. The van der Waals surface area contributed by atoms with Crippen LogP contribution in [0, 0.1) is 6.92 Å². The van der Waals surface area contributed by atoms with E-state index in [2.05, 4.69) is 17.5 Å². The maximum atomic E-state index is 12.0. The van der Waals surface area contributed by atoms with E-state index in [1.54, 1.807) is 12.3 Å². The van der Waals surface area contributed by atoms with Crippen LogP contribution in [0.15, 0.2) is 53.6 Å². The summed E-state index contributed by atoms with van der Waals surface area (Å²) in [4.78, 5) is 12.0. The number of ether oxygens (including phenoxy) is 1. The van der Waals surface area contributed by atoms with Crippen molar-refractivity contribution in [3.8, 4) is 5.75 Å². The summed E-state index contributed by atoms with van der Waals surface area (Å²) in [6, 6.07) is 15.0. The third-order valence-electron chi connectivity index (χ3n) is 3.10. The van der Waals surface area contributed by atoms with Gasteiger partial charge in [0.25, 0.3) is 5.91 Å². The Hall–Kier alpha value is -2.62. The summed E-state index contributed by atoms with van der Waals surface area (Å²) >= 11 is 0. The fourth-order valence-electron chi connectivity index (χ4n) is 1.96. The summed E-state index contributed by atoms with van der Waals surface area (Å²) < 4.78 is 5.56. The van der Waals surface area contributed by atoms with Crippen LogP contribution in [0.2, 0.25) is 0 Å². The fraction of sp³-hybridized carbons (Fsp3) is 0.222. The Kier molecular flexibility index (Phi) is 5.72. The van der Waals surface area contributed by atoms with E-state index in [4.69, 9.17) is 4.74 Å². The number of amides is 1. The SMILES string of the molecule is CCCOc1cccc(/C=N\NC(=O)c2ccccc2C)c1. The maximum absolute atomic E-state index is 12.0. The Bertz CT molecular complexity index is 666. The van der Waals surface area contributed by atoms with Gasteiger partial charge in [-0.2, -0.15) is 5.10 Å². The van der Waals surface area contributed by atoms with E-state index in [0.29, 0.717) is 12.2 Å². The molecule has 0 unspecified atom stereocenters. The van der Waals surface area contributed by atoms with E-state index in [1.807, 2.05) is 49.4 Å². The standard InChI is InChI=1S/C18H20N2O2/c1-3-11-22-16-9-6-8-15(12-16)13-19-20-18(21)17-10-5-4-7-14(17)2/h4-10,12-13H,3,11H2,1-2H3,(H,20,21)/b19-13-. The van der Waals surface area contributed by atoms with Gasteiger partial charge in [-0.15, -0.1) is 0 Å². The average Bonchev–Trinajstić information content (AvgIpc) is 2.53. The molecule has 2 aromatic rings. The maximum Gasteiger partial charge on any atom is 0.271 e. The highest BCUT2D eigenvalue weighted by molar-refractivity contribution is 5.96. The minimum Gasteiger partial charge on any atom is -0.494 e. The lowest BCUT2D eigenvalue weighted by Gasteiger charge is -2.05. The first kappa shape index (κ1) is 15.8.